The number of carboxylic acid groups (broad SMARTS) is 1. The molecule has 0 fully saturated rings. The minimum atomic E-state index is -1.00. The second-order valence-corrected chi connectivity index (χ2v) is 10.4. The van der Waals surface area contributed by atoms with Gasteiger partial charge in [-0.2, -0.15) is 0 Å². The topological polar surface area (TPSA) is 105 Å². The van der Waals surface area contributed by atoms with E-state index in [2.05, 4.69) is 5.32 Å². The first-order valence-electron chi connectivity index (χ1n) is 14.8. The van der Waals surface area contributed by atoms with Gasteiger partial charge in [0.1, 0.15) is 11.8 Å². The van der Waals surface area contributed by atoms with E-state index < -0.39 is 18.0 Å². The first kappa shape index (κ1) is 31.8. The molecule has 0 saturated heterocycles. The predicted octanol–water partition coefficient (Wildman–Crippen LogP) is 6.92. The second kappa shape index (κ2) is 15.9. The van der Waals surface area contributed by atoms with Crippen molar-refractivity contribution in [2.75, 3.05) is 23.4 Å². The van der Waals surface area contributed by atoms with Crippen molar-refractivity contribution in [3.63, 3.8) is 0 Å². The SMILES string of the molecule is CCC(=O)N(CCCOc1ccc(CCC(Nc2ccccc2OC(=O)c2ccccc2)C(=O)O)cc1)c1ccccc1C. The zero-order chi connectivity index (χ0) is 31.3. The average Bonchev–Trinajstić information content (AvgIpc) is 3.04. The van der Waals surface area contributed by atoms with Gasteiger partial charge in [0.2, 0.25) is 5.91 Å². The van der Waals surface area contributed by atoms with Gasteiger partial charge in [0.05, 0.1) is 17.9 Å². The lowest BCUT2D eigenvalue weighted by Gasteiger charge is -2.24. The van der Waals surface area contributed by atoms with E-state index in [0.29, 0.717) is 55.8 Å². The number of aryl methyl sites for hydroxylation is 2. The van der Waals surface area contributed by atoms with Gasteiger partial charge in [0, 0.05) is 18.7 Å². The molecular weight excluding hydrogens is 556 g/mol. The van der Waals surface area contributed by atoms with Gasteiger partial charge < -0.3 is 24.8 Å². The fraction of sp³-hybridized carbons (Fsp3) is 0.250. The molecule has 1 atom stereocenters. The van der Waals surface area contributed by atoms with Crippen molar-refractivity contribution in [1.82, 2.24) is 0 Å². The summed E-state index contributed by atoms with van der Waals surface area (Å²) in [5.74, 6) is -0.479. The van der Waals surface area contributed by atoms with Gasteiger partial charge in [0.25, 0.3) is 0 Å². The van der Waals surface area contributed by atoms with E-state index >= 15 is 0 Å². The number of hydrogen-bond donors (Lipinski definition) is 2. The van der Waals surface area contributed by atoms with Gasteiger partial charge in [-0.3, -0.25) is 4.79 Å². The molecule has 0 radical (unpaired) electrons. The van der Waals surface area contributed by atoms with E-state index in [-0.39, 0.29) is 11.7 Å². The molecule has 0 aromatic heterocycles. The molecule has 0 aliphatic heterocycles. The van der Waals surface area contributed by atoms with Crippen LogP contribution in [-0.4, -0.2) is 42.1 Å². The molecule has 0 saturated carbocycles. The van der Waals surface area contributed by atoms with Crippen LogP contribution in [0, 0.1) is 6.92 Å². The minimum absolute atomic E-state index is 0.0782. The Kier molecular flexibility index (Phi) is 11.5. The Labute approximate surface area is 258 Å². The van der Waals surface area contributed by atoms with Crippen LogP contribution in [0.5, 0.6) is 11.5 Å². The zero-order valence-electron chi connectivity index (χ0n) is 25.1. The fourth-order valence-corrected chi connectivity index (χ4v) is 4.77. The molecule has 0 heterocycles. The van der Waals surface area contributed by atoms with Crippen LogP contribution in [0.2, 0.25) is 0 Å². The molecule has 4 rings (SSSR count). The number of benzene rings is 4. The summed E-state index contributed by atoms with van der Waals surface area (Å²) in [6.45, 7) is 4.88. The number of nitrogens with one attached hydrogen (secondary N) is 1. The molecule has 0 aliphatic carbocycles. The number of ether oxygens (including phenoxy) is 2. The minimum Gasteiger partial charge on any atom is -0.494 e. The summed E-state index contributed by atoms with van der Waals surface area (Å²) in [6.07, 6.45) is 1.94. The number of hydrogen-bond acceptors (Lipinski definition) is 6. The summed E-state index contributed by atoms with van der Waals surface area (Å²) in [4.78, 5) is 39.0. The van der Waals surface area contributed by atoms with Gasteiger partial charge in [0.15, 0.2) is 5.75 Å². The predicted molar refractivity (Wildman–Crippen MR) is 172 cm³/mol. The normalized spacial score (nSPS) is 11.3. The van der Waals surface area contributed by atoms with Crippen molar-refractivity contribution >= 4 is 29.2 Å². The highest BCUT2D eigenvalue weighted by Crippen LogP contribution is 2.27. The molecule has 1 amide bonds. The Morgan fingerprint density at radius 1 is 0.864 bits per heavy atom. The van der Waals surface area contributed by atoms with E-state index in [9.17, 15) is 19.5 Å². The van der Waals surface area contributed by atoms with Gasteiger partial charge in [-0.1, -0.05) is 67.6 Å². The summed E-state index contributed by atoms with van der Waals surface area (Å²) in [7, 11) is 0. The Morgan fingerprint density at radius 3 is 2.25 bits per heavy atom. The fourth-order valence-electron chi connectivity index (χ4n) is 4.77. The third kappa shape index (κ3) is 8.94. The molecular formula is C36H38N2O6. The van der Waals surface area contributed by atoms with Crippen molar-refractivity contribution in [2.45, 2.75) is 45.6 Å². The molecule has 0 aliphatic rings. The van der Waals surface area contributed by atoms with Crippen molar-refractivity contribution < 1.29 is 29.0 Å². The lowest BCUT2D eigenvalue weighted by atomic mass is 10.0. The number of para-hydroxylation sites is 3. The van der Waals surface area contributed by atoms with Crippen molar-refractivity contribution in [1.29, 1.82) is 0 Å². The Morgan fingerprint density at radius 2 is 1.55 bits per heavy atom. The number of anilines is 2. The quantitative estimate of drug-likeness (QED) is 0.0874. The van der Waals surface area contributed by atoms with Crippen LogP contribution in [0.1, 0.15) is 47.7 Å². The maximum Gasteiger partial charge on any atom is 0.343 e. The van der Waals surface area contributed by atoms with Crippen LogP contribution in [-0.2, 0) is 16.0 Å². The molecule has 0 spiro atoms. The Bertz CT molecular complexity index is 1540. The molecule has 2 N–H and O–H groups in total. The molecule has 44 heavy (non-hydrogen) atoms. The zero-order valence-corrected chi connectivity index (χ0v) is 25.1. The summed E-state index contributed by atoms with van der Waals surface area (Å²) in [6, 6.07) is 30.0. The Balaban J connectivity index is 1.28. The van der Waals surface area contributed by atoms with E-state index in [1.54, 1.807) is 48.5 Å². The largest absolute Gasteiger partial charge is 0.494 e. The van der Waals surface area contributed by atoms with Gasteiger partial charge in [-0.25, -0.2) is 9.59 Å². The molecule has 4 aromatic carbocycles. The van der Waals surface area contributed by atoms with Crippen LogP contribution in [0.25, 0.3) is 0 Å². The highest BCUT2D eigenvalue weighted by Gasteiger charge is 2.20. The van der Waals surface area contributed by atoms with Crippen LogP contribution < -0.4 is 19.7 Å². The van der Waals surface area contributed by atoms with Crippen LogP contribution in [0.4, 0.5) is 11.4 Å². The number of aliphatic carboxylic acids is 1. The monoisotopic (exact) mass is 594 g/mol. The van der Waals surface area contributed by atoms with Crippen LogP contribution in [0.3, 0.4) is 0 Å². The smallest absolute Gasteiger partial charge is 0.343 e. The molecule has 0 bridgehead atoms. The third-order valence-electron chi connectivity index (χ3n) is 7.18. The summed E-state index contributed by atoms with van der Waals surface area (Å²) in [5, 5.41) is 12.9. The number of carbonyl (C=O) groups is 3. The lowest BCUT2D eigenvalue weighted by molar-refractivity contribution is -0.138. The molecule has 4 aromatic rings. The van der Waals surface area contributed by atoms with Crippen LogP contribution in [0.15, 0.2) is 103 Å². The second-order valence-electron chi connectivity index (χ2n) is 10.4. The van der Waals surface area contributed by atoms with E-state index in [1.807, 2.05) is 73.3 Å². The van der Waals surface area contributed by atoms with E-state index in [0.717, 1.165) is 16.8 Å². The van der Waals surface area contributed by atoms with E-state index in [1.165, 1.54) is 0 Å². The molecule has 8 nitrogen and oxygen atoms in total. The number of amides is 1. The molecule has 8 heteroatoms. The number of rotatable bonds is 15. The number of esters is 1. The maximum atomic E-state index is 12.6. The standard InChI is InChI=1S/C36H38N2O6/c1-3-34(39)38(32-16-9-7-12-26(32)2)24-11-25-43-29-21-18-27(19-22-29)20-23-31(35(40)41)37-30-15-8-10-17-33(30)44-36(42)28-13-5-4-6-14-28/h4-10,12-19,21-22,31,37H,3,11,20,23-25H2,1-2H3,(H,40,41). The number of carbonyl (C=O) groups excluding carboxylic acids is 2. The molecule has 1 unspecified atom stereocenters. The highest BCUT2D eigenvalue weighted by molar-refractivity contribution is 5.94. The van der Waals surface area contributed by atoms with Crippen molar-refractivity contribution in [3.8, 4) is 11.5 Å². The number of nitrogens with zero attached hydrogens (tertiary/aromatic N) is 1. The van der Waals surface area contributed by atoms with Crippen molar-refractivity contribution in [2.24, 2.45) is 0 Å². The van der Waals surface area contributed by atoms with E-state index in [4.69, 9.17) is 9.47 Å². The average molecular weight is 595 g/mol. The molecule has 228 valence electrons. The highest BCUT2D eigenvalue weighted by atomic mass is 16.5. The van der Waals surface area contributed by atoms with Gasteiger partial charge >= 0.3 is 11.9 Å². The first-order chi connectivity index (χ1) is 21.4. The maximum absolute atomic E-state index is 12.6. The Hall–Kier alpha value is -5.11. The van der Waals surface area contributed by atoms with Crippen LogP contribution >= 0.6 is 0 Å². The van der Waals surface area contributed by atoms with Crippen molar-refractivity contribution in [3.05, 3.63) is 120 Å². The first-order valence-corrected chi connectivity index (χ1v) is 14.8. The summed E-state index contributed by atoms with van der Waals surface area (Å²) >= 11 is 0. The summed E-state index contributed by atoms with van der Waals surface area (Å²) < 4.78 is 11.5. The summed E-state index contributed by atoms with van der Waals surface area (Å²) in [5.41, 5.74) is 3.78. The third-order valence-corrected chi connectivity index (χ3v) is 7.18. The lowest BCUT2D eigenvalue weighted by Crippen LogP contribution is -2.32. The van der Waals surface area contributed by atoms with Gasteiger partial charge in [-0.05, 0) is 79.8 Å². The van der Waals surface area contributed by atoms with Gasteiger partial charge in [-0.15, -0.1) is 0 Å². The number of carboxylic acids is 1.